The Hall–Kier alpha value is -2.63. The van der Waals surface area contributed by atoms with Crippen LogP contribution in [-0.2, 0) is 4.74 Å². The van der Waals surface area contributed by atoms with Crippen LogP contribution in [-0.4, -0.2) is 27.5 Å². The maximum absolute atomic E-state index is 10.8. The van der Waals surface area contributed by atoms with Gasteiger partial charge in [0.05, 0.1) is 17.9 Å². The highest BCUT2D eigenvalue weighted by atomic mass is 35.5. The number of ether oxygens (including phenoxy) is 1. The zero-order valence-corrected chi connectivity index (χ0v) is 14.0. The van der Waals surface area contributed by atoms with Gasteiger partial charge in [-0.05, 0) is 24.3 Å². The van der Waals surface area contributed by atoms with Crippen molar-refractivity contribution in [2.24, 2.45) is 5.92 Å². The van der Waals surface area contributed by atoms with Gasteiger partial charge in [-0.3, -0.25) is 10.4 Å². The van der Waals surface area contributed by atoms with Crippen molar-refractivity contribution in [1.82, 2.24) is 4.98 Å². The van der Waals surface area contributed by atoms with Crippen molar-refractivity contribution in [2.75, 3.05) is 6.61 Å². The van der Waals surface area contributed by atoms with E-state index >= 15 is 0 Å². The van der Waals surface area contributed by atoms with Crippen LogP contribution >= 0.6 is 11.6 Å². The first kappa shape index (κ1) is 17.2. The molecule has 0 spiro atoms. The third-order valence-electron chi connectivity index (χ3n) is 3.99. The van der Waals surface area contributed by atoms with Gasteiger partial charge in [-0.1, -0.05) is 29.8 Å². The number of pyridine rings is 1. The van der Waals surface area contributed by atoms with Gasteiger partial charge in [-0.25, -0.2) is 0 Å². The SMILES string of the molecule is N=C(/C(=C(\O)C1C=COC1)C(O)c1cccnc1)c1ccc(Cl)cc1. The van der Waals surface area contributed by atoms with Crippen molar-refractivity contribution < 1.29 is 14.9 Å². The zero-order valence-electron chi connectivity index (χ0n) is 13.3. The number of aromatic nitrogens is 1. The topological polar surface area (TPSA) is 86.4 Å². The Morgan fingerprint density at radius 1 is 1.28 bits per heavy atom. The van der Waals surface area contributed by atoms with Gasteiger partial charge in [-0.2, -0.15) is 0 Å². The average Bonchev–Trinajstić information content (AvgIpc) is 3.17. The summed E-state index contributed by atoms with van der Waals surface area (Å²) in [6.07, 6.45) is 5.11. The molecule has 0 fully saturated rings. The van der Waals surface area contributed by atoms with Crippen molar-refractivity contribution >= 4 is 17.3 Å². The quantitative estimate of drug-likeness (QED) is 0.561. The lowest BCUT2D eigenvalue weighted by atomic mass is 9.90. The molecule has 2 heterocycles. The van der Waals surface area contributed by atoms with E-state index in [2.05, 4.69) is 4.98 Å². The fraction of sp³-hybridized carbons (Fsp3) is 0.158. The molecule has 3 rings (SSSR count). The van der Waals surface area contributed by atoms with Gasteiger partial charge in [0.2, 0.25) is 0 Å². The van der Waals surface area contributed by atoms with Crippen LogP contribution in [0.2, 0.25) is 5.02 Å². The Morgan fingerprint density at radius 3 is 2.64 bits per heavy atom. The molecule has 1 aliphatic rings. The largest absolute Gasteiger partial charge is 0.511 e. The highest BCUT2D eigenvalue weighted by molar-refractivity contribution is 6.30. The van der Waals surface area contributed by atoms with Gasteiger partial charge in [0.25, 0.3) is 0 Å². The van der Waals surface area contributed by atoms with Crippen LogP contribution in [0.4, 0.5) is 0 Å². The molecular weight excluding hydrogens is 340 g/mol. The van der Waals surface area contributed by atoms with E-state index in [0.29, 0.717) is 16.1 Å². The maximum Gasteiger partial charge on any atom is 0.111 e. The van der Waals surface area contributed by atoms with Crippen LogP contribution in [0.3, 0.4) is 0 Å². The van der Waals surface area contributed by atoms with Crippen molar-refractivity contribution in [3.63, 3.8) is 0 Å². The molecule has 3 N–H and O–H groups in total. The van der Waals surface area contributed by atoms with Crippen LogP contribution in [0.1, 0.15) is 17.2 Å². The number of aliphatic hydroxyl groups excluding tert-OH is 2. The van der Waals surface area contributed by atoms with Crippen molar-refractivity contribution in [3.8, 4) is 0 Å². The predicted molar refractivity (Wildman–Crippen MR) is 95.7 cm³/mol. The fourth-order valence-corrected chi connectivity index (χ4v) is 2.74. The predicted octanol–water partition coefficient (Wildman–Crippen LogP) is 3.81. The molecule has 5 nitrogen and oxygen atoms in total. The van der Waals surface area contributed by atoms with E-state index in [4.69, 9.17) is 21.7 Å². The molecule has 0 amide bonds. The molecule has 2 unspecified atom stereocenters. The zero-order chi connectivity index (χ0) is 17.8. The number of halogens is 1. The highest BCUT2D eigenvalue weighted by Crippen LogP contribution is 2.31. The first-order chi connectivity index (χ1) is 12.1. The van der Waals surface area contributed by atoms with E-state index in [1.54, 1.807) is 48.7 Å². The molecule has 0 saturated carbocycles. The summed E-state index contributed by atoms with van der Waals surface area (Å²) in [5, 5.41) is 30.6. The minimum absolute atomic E-state index is 0.0193. The minimum Gasteiger partial charge on any atom is -0.511 e. The molecule has 0 saturated heterocycles. The fourth-order valence-electron chi connectivity index (χ4n) is 2.62. The normalized spacial score (nSPS) is 18.4. The first-order valence-corrected chi connectivity index (χ1v) is 8.10. The molecule has 1 aromatic carbocycles. The van der Waals surface area contributed by atoms with Crippen LogP contribution < -0.4 is 0 Å². The van der Waals surface area contributed by atoms with Gasteiger partial charge in [0, 0.05) is 34.1 Å². The second-order valence-electron chi connectivity index (χ2n) is 5.64. The Balaban J connectivity index is 2.05. The van der Waals surface area contributed by atoms with Crippen LogP contribution in [0.15, 0.2) is 72.5 Å². The second-order valence-corrected chi connectivity index (χ2v) is 6.07. The van der Waals surface area contributed by atoms with Gasteiger partial charge in [-0.15, -0.1) is 0 Å². The van der Waals surface area contributed by atoms with Crippen LogP contribution in [0, 0.1) is 11.3 Å². The maximum atomic E-state index is 10.8. The second kappa shape index (κ2) is 7.51. The van der Waals surface area contributed by atoms with Gasteiger partial charge < -0.3 is 14.9 Å². The van der Waals surface area contributed by atoms with Crippen molar-refractivity contribution in [3.05, 3.63) is 88.6 Å². The van der Waals surface area contributed by atoms with Crippen molar-refractivity contribution in [2.45, 2.75) is 6.10 Å². The number of aliphatic hydroxyl groups is 2. The third-order valence-corrected chi connectivity index (χ3v) is 4.24. The summed E-state index contributed by atoms with van der Waals surface area (Å²) in [5.41, 5.74) is 1.17. The highest BCUT2D eigenvalue weighted by Gasteiger charge is 2.28. The van der Waals surface area contributed by atoms with Crippen LogP contribution in [0.5, 0.6) is 0 Å². The van der Waals surface area contributed by atoms with Gasteiger partial charge in [0.15, 0.2) is 0 Å². The Labute approximate surface area is 150 Å². The summed E-state index contributed by atoms with van der Waals surface area (Å²) in [7, 11) is 0. The van der Waals surface area contributed by atoms with Crippen LogP contribution in [0.25, 0.3) is 0 Å². The summed E-state index contributed by atoms with van der Waals surface area (Å²) in [4.78, 5) is 4.00. The monoisotopic (exact) mass is 356 g/mol. The van der Waals surface area contributed by atoms with E-state index in [1.807, 2.05) is 0 Å². The molecule has 6 heteroatoms. The molecule has 1 aromatic heterocycles. The summed E-state index contributed by atoms with van der Waals surface area (Å²) in [6, 6.07) is 10.1. The van der Waals surface area contributed by atoms with Crippen molar-refractivity contribution in [1.29, 1.82) is 5.41 Å². The van der Waals surface area contributed by atoms with E-state index in [1.165, 1.54) is 12.5 Å². The molecule has 2 aromatic rings. The first-order valence-electron chi connectivity index (χ1n) is 7.72. The molecular formula is C19H17ClN2O3. The third kappa shape index (κ3) is 3.73. The Bertz CT molecular complexity index is 816. The number of hydrogen-bond donors (Lipinski definition) is 3. The smallest absolute Gasteiger partial charge is 0.111 e. The standard InChI is InChI=1S/C19H17ClN2O3/c20-15-5-3-12(4-6-15)17(21)16(19(24)14-7-9-25-11-14)18(23)13-2-1-8-22-10-13/h1-10,14,18,21,23-24H,11H2/b19-16+,21-17?. The lowest BCUT2D eigenvalue weighted by molar-refractivity contribution is 0.199. The molecule has 128 valence electrons. The molecule has 1 aliphatic heterocycles. The number of benzene rings is 1. The lowest BCUT2D eigenvalue weighted by Crippen LogP contribution is -2.19. The number of rotatable bonds is 5. The lowest BCUT2D eigenvalue weighted by Gasteiger charge is -2.20. The molecule has 25 heavy (non-hydrogen) atoms. The summed E-state index contributed by atoms with van der Waals surface area (Å²) >= 11 is 5.91. The molecule has 0 radical (unpaired) electrons. The Morgan fingerprint density at radius 2 is 2.04 bits per heavy atom. The van der Waals surface area contributed by atoms with Gasteiger partial charge >= 0.3 is 0 Å². The summed E-state index contributed by atoms with van der Waals surface area (Å²) in [5.74, 6) is -0.501. The number of hydrogen-bond acceptors (Lipinski definition) is 5. The molecule has 2 atom stereocenters. The van der Waals surface area contributed by atoms with E-state index in [9.17, 15) is 10.2 Å². The minimum atomic E-state index is -1.19. The number of nitrogens with one attached hydrogen (secondary N) is 1. The van der Waals surface area contributed by atoms with E-state index in [0.717, 1.165) is 0 Å². The average molecular weight is 357 g/mol. The number of nitrogens with zero attached hydrogens (tertiary/aromatic N) is 1. The van der Waals surface area contributed by atoms with E-state index < -0.39 is 12.0 Å². The summed E-state index contributed by atoms with van der Waals surface area (Å²) < 4.78 is 5.16. The van der Waals surface area contributed by atoms with Gasteiger partial charge in [0.1, 0.15) is 18.5 Å². The molecule has 0 bridgehead atoms. The molecule has 0 aliphatic carbocycles. The van der Waals surface area contributed by atoms with E-state index in [-0.39, 0.29) is 23.7 Å². The Kier molecular flexibility index (Phi) is 5.16. The summed E-state index contributed by atoms with van der Waals surface area (Å²) in [6.45, 7) is 0.267.